The molecule has 96 valence electrons. The molecule has 0 rings (SSSR count). The van der Waals surface area contributed by atoms with E-state index in [-0.39, 0.29) is 65.4 Å². The Kier molecular flexibility index (Phi) is 15.5. The molecule has 12 heteroatoms. The summed E-state index contributed by atoms with van der Waals surface area (Å²) in [6, 6.07) is 0. The molecule has 0 fully saturated rings. The number of aldehydes is 1. The van der Waals surface area contributed by atoms with Crippen LogP contribution in [-0.4, -0.2) is 57.7 Å². The van der Waals surface area contributed by atoms with Crippen LogP contribution in [0, 0.1) is 0 Å². The average Bonchev–Trinajstić information content (AvgIpc) is 2.21. The van der Waals surface area contributed by atoms with Crippen molar-refractivity contribution in [3.8, 4) is 0 Å². The van der Waals surface area contributed by atoms with Crippen LogP contribution < -0.4 is 68.9 Å². The van der Waals surface area contributed by atoms with Crippen LogP contribution in [0.4, 0.5) is 0 Å². The second-order valence-electron chi connectivity index (χ2n) is 2.92. The van der Waals surface area contributed by atoms with Crippen LogP contribution >= 0.6 is 7.82 Å². The average molecular weight is 304 g/mol. The smallest absolute Gasteiger partial charge is 0.790 e. The van der Waals surface area contributed by atoms with Gasteiger partial charge in [-0.3, -0.25) is 0 Å². The van der Waals surface area contributed by atoms with Crippen molar-refractivity contribution in [2.45, 2.75) is 24.4 Å². The molecule has 18 heavy (non-hydrogen) atoms. The zero-order valence-electron chi connectivity index (χ0n) is 9.87. The third kappa shape index (κ3) is 10.4. The molecule has 0 radical (unpaired) electrons. The molecule has 0 saturated carbocycles. The van der Waals surface area contributed by atoms with E-state index in [0.29, 0.717) is 0 Å². The zero-order chi connectivity index (χ0) is 12.9. The number of aliphatic hydroxyl groups is 4. The molecule has 4 N–H and O–H groups in total. The van der Waals surface area contributed by atoms with Crippen LogP contribution in [-0.2, 0) is 13.9 Å². The van der Waals surface area contributed by atoms with Crippen LogP contribution in [0.15, 0.2) is 0 Å². The van der Waals surface area contributed by atoms with Crippen molar-refractivity contribution in [1.82, 2.24) is 0 Å². The minimum Gasteiger partial charge on any atom is -0.790 e. The maximum Gasteiger partial charge on any atom is 1.00 e. The molecule has 4 atom stereocenters. The molecule has 0 aliphatic heterocycles. The molecule has 0 saturated heterocycles. The fourth-order valence-corrected chi connectivity index (χ4v) is 1.11. The first-order chi connectivity index (χ1) is 7.19. The topological polar surface area (TPSA) is 170 Å². The van der Waals surface area contributed by atoms with Crippen molar-refractivity contribution in [2.75, 3.05) is 6.61 Å². The molecule has 0 spiro atoms. The third-order valence-electron chi connectivity index (χ3n) is 1.64. The third-order valence-corrected chi connectivity index (χ3v) is 2.10. The van der Waals surface area contributed by atoms with Gasteiger partial charge in [-0.15, -0.1) is 0 Å². The van der Waals surface area contributed by atoms with E-state index in [1.54, 1.807) is 0 Å². The molecule has 0 amide bonds. The largest absolute Gasteiger partial charge is 1.00 e. The number of carbonyl (C=O) groups excluding carboxylic acids is 1. The quantitative estimate of drug-likeness (QED) is 0.202. The van der Waals surface area contributed by atoms with Gasteiger partial charge < -0.3 is 44.1 Å². The Morgan fingerprint density at radius 2 is 1.56 bits per heavy atom. The second kappa shape index (κ2) is 11.3. The Balaban J connectivity index is -0.00000112. The summed E-state index contributed by atoms with van der Waals surface area (Å²) in [4.78, 5) is 30.0. The molecule has 0 aliphatic carbocycles. The van der Waals surface area contributed by atoms with Crippen molar-refractivity contribution < 1.29 is 103 Å². The molecule has 0 unspecified atom stereocenters. The maximum atomic E-state index is 10.0. The minimum absolute atomic E-state index is 0. The molecular weight excluding hydrogens is 293 g/mol. The molecular formula is C6H11Na2O9P. The number of rotatable bonds is 7. The molecule has 0 aromatic heterocycles. The number of aliphatic hydroxyl groups excluding tert-OH is 4. The van der Waals surface area contributed by atoms with Gasteiger partial charge in [0.05, 0.1) is 14.4 Å². The minimum atomic E-state index is -5.30. The van der Waals surface area contributed by atoms with E-state index in [2.05, 4.69) is 4.52 Å². The molecule has 0 aromatic carbocycles. The van der Waals surface area contributed by atoms with Crippen LogP contribution in [0.1, 0.15) is 0 Å². The van der Waals surface area contributed by atoms with Crippen LogP contribution in [0.5, 0.6) is 0 Å². The summed E-state index contributed by atoms with van der Waals surface area (Å²) in [5.41, 5.74) is 0. The van der Waals surface area contributed by atoms with Gasteiger partial charge >= 0.3 is 59.1 Å². The van der Waals surface area contributed by atoms with Crippen molar-refractivity contribution in [2.24, 2.45) is 0 Å². The SMILES string of the molecule is O=C[C@H](O)[C@@H](O)[C@@H](O)[C@H](O)COP(=O)([O-])[O-].[Na+].[Na+]. The van der Waals surface area contributed by atoms with E-state index >= 15 is 0 Å². The zero-order valence-corrected chi connectivity index (χ0v) is 14.8. The van der Waals surface area contributed by atoms with Crippen LogP contribution in [0.25, 0.3) is 0 Å². The van der Waals surface area contributed by atoms with Crippen molar-refractivity contribution in [1.29, 1.82) is 0 Å². The van der Waals surface area contributed by atoms with E-state index in [4.69, 9.17) is 20.4 Å². The number of phosphoric ester groups is 1. The normalized spacial score (nSPS) is 17.7. The Morgan fingerprint density at radius 1 is 1.11 bits per heavy atom. The summed E-state index contributed by atoms with van der Waals surface area (Å²) in [5, 5.41) is 35.9. The van der Waals surface area contributed by atoms with Crippen molar-refractivity contribution >= 4 is 14.1 Å². The summed E-state index contributed by atoms with van der Waals surface area (Å²) < 4.78 is 13.6. The predicted molar refractivity (Wildman–Crippen MR) is 43.6 cm³/mol. The second-order valence-corrected chi connectivity index (χ2v) is 4.07. The van der Waals surface area contributed by atoms with Gasteiger partial charge in [-0.1, -0.05) is 0 Å². The first kappa shape index (κ1) is 24.6. The van der Waals surface area contributed by atoms with E-state index in [0.717, 1.165) is 0 Å². The van der Waals surface area contributed by atoms with Gasteiger partial charge in [0.1, 0.15) is 24.4 Å². The van der Waals surface area contributed by atoms with Gasteiger partial charge in [0.25, 0.3) is 0 Å². The standard InChI is InChI=1S/C6H13O9P.2Na/c7-1-3(8)5(10)6(11)4(9)2-15-16(12,13)14;;/h1,3-6,8-11H,2H2,(H2,12,13,14);;/q;2*+1/p-2/t3-,4+,5+,6-;;/m0../s1. The Hall–Kier alpha value is 1.62. The summed E-state index contributed by atoms with van der Waals surface area (Å²) >= 11 is 0. The monoisotopic (exact) mass is 304 g/mol. The van der Waals surface area contributed by atoms with E-state index in [1.165, 1.54) is 0 Å². The Bertz CT molecular complexity index is 272. The predicted octanol–water partition coefficient (Wildman–Crippen LogP) is -10.5. The van der Waals surface area contributed by atoms with Crippen LogP contribution in [0.2, 0.25) is 0 Å². The number of phosphoric acid groups is 1. The van der Waals surface area contributed by atoms with Gasteiger partial charge in [0, 0.05) is 0 Å². The van der Waals surface area contributed by atoms with E-state index < -0.39 is 38.8 Å². The van der Waals surface area contributed by atoms with E-state index in [9.17, 15) is 19.1 Å². The molecule has 0 heterocycles. The summed E-state index contributed by atoms with van der Waals surface area (Å²) in [7, 11) is -5.30. The van der Waals surface area contributed by atoms with Gasteiger partial charge in [0.15, 0.2) is 6.29 Å². The molecule has 0 aliphatic rings. The Morgan fingerprint density at radius 3 is 1.89 bits per heavy atom. The number of hydrogen-bond acceptors (Lipinski definition) is 9. The van der Waals surface area contributed by atoms with Gasteiger partial charge in [-0.2, -0.15) is 0 Å². The number of hydrogen-bond donors (Lipinski definition) is 4. The molecule has 0 bridgehead atoms. The summed E-state index contributed by atoms with van der Waals surface area (Å²) in [5.74, 6) is 0. The van der Waals surface area contributed by atoms with Crippen molar-refractivity contribution in [3.63, 3.8) is 0 Å². The van der Waals surface area contributed by atoms with Crippen molar-refractivity contribution in [3.05, 3.63) is 0 Å². The Labute approximate surface area is 147 Å². The number of carbonyl (C=O) groups is 1. The van der Waals surface area contributed by atoms with Gasteiger partial charge in [-0.05, 0) is 0 Å². The van der Waals surface area contributed by atoms with E-state index in [1.807, 2.05) is 0 Å². The van der Waals surface area contributed by atoms with Gasteiger partial charge in [0.2, 0.25) is 0 Å². The fourth-order valence-electron chi connectivity index (χ4n) is 0.776. The summed E-state index contributed by atoms with van der Waals surface area (Å²) in [6.07, 6.45) is -8.04. The first-order valence-corrected chi connectivity index (χ1v) is 5.49. The molecule has 9 nitrogen and oxygen atoms in total. The molecule has 0 aromatic rings. The van der Waals surface area contributed by atoms with Gasteiger partial charge in [-0.25, -0.2) is 0 Å². The maximum absolute atomic E-state index is 10.0. The summed E-state index contributed by atoms with van der Waals surface area (Å²) in [6.45, 7) is -1.09. The fraction of sp³-hybridized carbons (Fsp3) is 0.833. The van der Waals surface area contributed by atoms with Crippen LogP contribution in [0.3, 0.4) is 0 Å². The first-order valence-electron chi connectivity index (χ1n) is 4.03.